The van der Waals surface area contributed by atoms with Gasteiger partial charge in [-0.25, -0.2) is 0 Å². The molecule has 2 saturated heterocycles. The largest absolute Gasteiger partial charge is 0.469 e. The first-order valence-electron chi connectivity index (χ1n) is 6.58. The number of fused-ring (bicyclic) bond motifs is 2. The van der Waals surface area contributed by atoms with Crippen LogP contribution in [-0.2, 0) is 9.53 Å². The van der Waals surface area contributed by atoms with Crippen LogP contribution in [0.3, 0.4) is 0 Å². The summed E-state index contributed by atoms with van der Waals surface area (Å²) in [7, 11) is 3.64. The van der Waals surface area contributed by atoms with Crippen molar-refractivity contribution < 1.29 is 9.53 Å². The minimum absolute atomic E-state index is 0.00106. The number of benzene rings is 1. The van der Waals surface area contributed by atoms with Crippen LogP contribution in [0.4, 0.5) is 0 Å². The van der Waals surface area contributed by atoms with Gasteiger partial charge in [-0.05, 0) is 25.5 Å². The third-order valence-electron chi connectivity index (χ3n) is 4.68. The van der Waals surface area contributed by atoms with Gasteiger partial charge in [0, 0.05) is 18.0 Å². The first-order valence-corrected chi connectivity index (χ1v) is 6.58. The Labute approximate surface area is 108 Å². The molecule has 2 fully saturated rings. The van der Waals surface area contributed by atoms with E-state index in [0.29, 0.717) is 18.0 Å². The smallest absolute Gasteiger partial charge is 0.310 e. The minimum atomic E-state index is -0.0529. The van der Waals surface area contributed by atoms with Gasteiger partial charge in [-0.15, -0.1) is 0 Å². The van der Waals surface area contributed by atoms with Crippen molar-refractivity contribution in [2.45, 2.75) is 30.8 Å². The van der Waals surface area contributed by atoms with Crippen molar-refractivity contribution in [1.82, 2.24) is 4.90 Å². The molecule has 0 saturated carbocycles. The van der Waals surface area contributed by atoms with Gasteiger partial charge < -0.3 is 4.74 Å². The maximum atomic E-state index is 12.1. The van der Waals surface area contributed by atoms with Crippen molar-refractivity contribution in [2.75, 3.05) is 14.2 Å². The van der Waals surface area contributed by atoms with Gasteiger partial charge in [0.05, 0.1) is 13.0 Å². The number of carbonyl (C=O) groups excluding carboxylic acids is 1. The highest BCUT2D eigenvalue weighted by molar-refractivity contribution is 5.75. The molecule has 3 rings (SSSR count). The third-order valence-corrected chi connectivity index (χ3v) is 4.68. The molecule has 0 radical (unpaired) electrons. The molecule has 0 amide bonds. The quantitative estimate of drug-likeness (QED) is 0.747. The topological polar surface area (TPSA) is 29.5 Å². The van der Waals surface area contributed by atoms with Crippen molar-refractivity contribution in [2.24, 2.45) is 5.92 Å². The van der Waals surface area contributed by atoms with Crippen LogP contribution in [0.15, 0.2) is 30.3 Å². The summed E-state index contributed by atoms with van der Waals surface area (Å²) < 4.78 is 5.02. The summed E-state index contributed by atoms with van der Waals surface area (Å²) in [5, 5.41) is 0. The molecule has 0 spiro atoms. The Hall–Kier alpha value is -1.35. The van der Waals surface area contributed by atoms with Crippen LogP contribution in [0.5, 0.6) is 0 Å². The third kappa shape index (κ3) is 1.57. The number of rotatable bonds is 2. The van der Waals surface area contributed by atoms with E-state index in [4.69, 9.17) is 4.74 Å². The van der Waals surface area contributed by atoms with Gasteiger partial charge >= 0.3 is 5.97 Å². The van der Waals surface area contributed by atoms with E-state index in [1.807, 2.05) is 6.07 Å². The molecule has 2 bridgehead atoms. The Balaban J connectivity index is 1.98. The second-order valence-electron chi connectivity index (χ2n) is 5.36. The number of hydrogen-bond donors (Lipinski definition) is 0. The normalized spacial score (nSPS) is 34.8. The van der Waals surface area contributed by atoms with E-state index in [-0.39, 0.29) is 11.9 Å². The van der Waals surface area contributed by atoms with Crippen molar-refractivity contribution in [3.63, 3.8) is 0 Å². The Morgan fingerprint density at radius 2 is 1.89 bits per heavy atom. The highest BCUT2D eigenvalue weighted by Gasteiger charge is 2.55. The molecule has 0 aliphatic carbocycles. The van der Waals surface area contributed by atoms with Crippen LogP contribution in [-0.4, -0.2) is 37.1 Å². The monoisotopic (exact) mass is 245 g/mol. The molecular formula is C15H19NO2. The number of hydrogen-bond acceptors (Lipinski definition) is 3. The predicted molar refractivity (Wildman–Crippen MR) is 69.3 cm³/mol. The summed E-state index contributed by atoms with van der Waals surface area (Å²) in [6, 6.07) is 11.2. The lowest BCUT2D eigenvalue weighted by atomic mass is 9.75. The molecule has 2 aliphatic rings. The molecule has 0 N–H and O–H groups in total. The molecular weight excluding hydrogens is 226 g/mol. The van der Waals surface area contributed by atoms with Crippen LogP contribution in [0.25, 0.3) is 0 Å². The summed E-state index contributed by atoms with van der Waals surface area (Å²) in [6.45, 7) is 0. The summed E-state index contributed by atoms with van der Waals surface area (Å²) in [6.07, 6.45) is 2.30. The van der Waals surface area contributed by atoms with Gasteiger partial charge in [-0.3, -0.25) is 9.69 Å². The molecule has 4 atom stereocenters. The second kappa shape index (κ2) is 4.39. The fraction of sp³-hybridized carbons (Fsp3) is 0.533. The van der Waals surface area contributed by atoms with E-state index >= 15 is 0 Å². The molecule has 3 heteroatoms. The molecule has 18 heavy (non-hydrogen) atoms. The first kappa shape index (κ1) is 11.7. The van der Waals surface area contributed by atoms with Crippen molar-refractivity contribution >= 4 is 5.97 Å². The van der Waals surface area contributed by atoms with Crippen LogP contribution < -0.4 is 0 Å². The van der Waals surface area contributed by atoms with Crippen LogP contribution in [0, 0.1) is 5.92 Å². The van der Waals surface area contributed by atoms with Crippen molar-refractivity contribution in [3.05, 3.63) is 35.9 Å². The van der Waals surface area contributed by atoms with E-state index in [1.54, 1.807) is 0 Å². The summed E-state index contributed by atoms with van der Waals surface area (Å²) in [5.74, 6) is 0.242. The number of ether oxygens (including phenoxy) is 1. The zero-order valence-electron chi connectivity index (χ0n) is 10.9. The maximum absolute atomic E-state index is 12.1. The van der Waals surface area contributed by atoms with Gasteiger partial charge in [0.15, 0.2) is 0 Å². The first-order chi connectivity index (χ1) is 8.74. The van der Waals surface area contributed by atoms with Gasteiger partial charge in [-0.2, -0.15) is 0 Å². The molecule has 3 nitrogen and oxygen atoms in total. The molecule has 1 aromatic rings. The lowest BCUT2D eigenvalue weighted by Crippen LogP contribution is -2.33. The van der Waals surface area contributed by atoms with Gasteiger partial charge in [-0.1, -0.05) is 30.3 Å². The standard InChI is InChI=1S/C15H19NO2/c1-16-11-8-9-12(16)14(15(17)18-2)13(11)10-6-4-3-5-7-10/h3-7,11-14H,8-9H2,1-2H3/t11-,12+,13+,14+/m0/s1. The predicted octanol–water partition coefficient (Wildman–Crippen LogP) is 2.04. The molecule has 1 aromatic carbocycles. The molecule has 0 unspecified atom stereocenters. The number of methoxy groups -OCH3 is 1. The maximum Gasteiger partial charge on any atom is 0.310 e. The Bertz CT molecular complexity index is 445. The minimum Gasteiger partial charge on any atom is -0.469 e. The molecule has 96 valence electrons. The zero-order valence-corrected chi connectivity index (χ0v) is 10.9. The Morgan fingerprint density at radius 3 is 2.56 bits per heavy atom. The number of likely N-dealkylation sites (N-methyl/N-ethyl adjacent to an activating group) is 1. The van der Waals surface area contributed by atoms with Gasteiger partial charge in [0.1, 0.15) is 0 Å². The lowest BCUT2D eigenvalue weighted by molar-refractivity contribution is -0.147. The highest BCUT2D eigenvalue weighted by atomic mass is 16.5. The van der Waals surface area contributed by atoms with Crippen molar-refractivity contribution in [1.29, 1.82) is 0 Å². The van der Waals surface area contributed by atoms with E-state index in [0.717, 1.165) is 6.42 Å². The SMILES string of the molecule is COC(=O)[C@H]1[C@H](c2ccccc2)[C@@H]2CC[C@H]1N2C. The number of nitrogens with zero attached hydrogens (tertiary/aromatic N) is 1. The molecule has 2 aliphatic heterocycles. The highest BCUT2D eigenvalue weighted by Crippen LogP contribution is 2.50. The second-order valence-corrected chi connectivity index (χ2v) is 5.36. The molecule has 0 aromatic heterocycles. The van der Waals surface area contributed by atoms with E-state index in [1.165, 1.54) is 19.1 Å². The summed E-state index contributed by atoms with van der Waals surface area (Å²) in [4.78, 5) is 14.5. The van der Waals surface area contributed by atoms with Crippen LogP contribution in [0.1, 0.15) is 24.3 Å². The van der Waals surface area contributed by atoms with Gasteiger partial charge in [0.2, 0.25) is 0 Å². The molecule has 2 heterocycles. The Morgan fingerprint density at radius 1 is 1.22 bits per heavy atom. The van der Waals surface area contributed by atoms with Crippen molar-refractivity contribution in [3.8, 4) is 0 Å². The average molecular weight is 245 g/mol. The van der Waals surface area contributed by atoms with E-state index < -0.39 is 0 Å². The van der Waals surface area contributed by atoms with Crippen LogP contribution >= 0.6 is 0 Å². The van der Waals surface area contributed by atoms with E-state index in [9.17, 15) is 4.79 Å². The fourth-order valence-corrected chi connectivity index (χ4v) is 3.88. The van der Waals surface area contributed by atoms with Crippen LogP contribution in [0.2, 0.25) is 0 Å². The van der Waals surface area contributed by atoms with E-state index in [2.05, 4.69) is 36.2 Å². The summed E-state index contributed by atoms with van der Waals surface area (Å²) >= 11 is 0. The lowest BCUT2D eigenvalue weighted by Gasteiger charge is -2.27. The number of carbonyl (C=O) groups is 1. The van der Waals surface area contributed by atoms with Gasteiger partial charge in [0.25, 0.3) is 0 Å². The fourth-order valence-electron chi connectivity index (χ4n) is 3.88. The number of esters is 1. The average Bonchev–Trinajstić information content (AvgIpc) is 2.92. The zero-order chi connectivity index (χ0) is 12.7. The Kier molecular flexibility index (Phi) is 2.86. The summed E-state index contributed by atoms with van der Waals surface area (Å²) in [5.41, 5.74) is 1.27.